The molecule has 0 atom stereocenters. The molecule has 0 unspecified atom stereocenters. The number of nitrogens with two attached hydrogens (primary N) is 1. The van der Waals surface area contributed by atoms with Crippen LogP contribution in [0.5, 0.6) is 0 Å². The highest BCUT2D eigenvalue weighted by molar-refractivity contribution is 7.90. The van der Waals surface area contributed by atoms with Gasteiger partial charge < -0.3 is 5.73 Å². The predicted octanol–water partition coefficient (Wildman–Crippen LogP) is 0.149. The molecule has 0 heterocycles. The molecule has 0 aromatic rings. The fraction of sp³-hybridized carbons (Fsp3) is 1.00. The van der Waals surface area contributed by atoms with Crippen LogP contribution in [0.25, 0.3) is 0 Å². The molecule has 0 radical (unpaired) electrons. The third kappa shape index (κ3) is 1.60. The molecule has 5 heteroatoms. The Balaban J connectivity index is 3.01. The topological polar surface area (TPSA) is 63.4 Å². The van der Waals surface area contributed by atoms with Crippen LogP contribution in [0.3, 0.4) is 0 Å². The van der Waals surface area contributed by atoms with E-state index in [1.807, 2.05) is 0 Å². The molecule has 2 N–H and O–H groups in total. The maximum absolute atomic E-state index is 11.9. The van der Waals surface area contributed by atoms with Crippen LogP contribution in [0.4, 0.5) is 0 Å². The van der Waals surface area contributed by atoms with Crippen LogP contribution in [0.15, 0.2) is 0 Å². The van der Waals surface area contributed by atoms with Crippen LogP contribution in [0.1, 0.15) is 25.7 Å². The smallest absolute Gasteiger partial charge is 0.220 e. The van der Waals surface area contributed by atoms with Crippen molar-refractivity contribution in [3.8, 4) is 0 Å². The van der Waals surface area contributed by atoms with E-state index in [4.69, 9.17) is 5.73 Å². The number of rotatable bonds is 3. The van der Waals surface area contributed by atoms with Crippen molar-refractivity contribution in [2.75, 3.05) is 20.6 Å². The molecule has 1 aliphatic carbocycles. The van der Waals surface area contributed by atoms with Crippen molar-refractivity contribution in [2.24, 2.45) is 5.73 Å². The first kappa shape index (κ1) is 10.9. The van der Waals surface area contributed by atoms with Crippen LogP contribution >= 0.6 is 0 Å². The van der Waals surface area contributed by atoms with E-state index < -0.39 is 14.8 Å². The Kier molecular flexibility index (Phi) is 2.99. The van der Waals surface area contributed by atoms with Crippen LogP contribution in [0.2, 0.25) is 0 Å². The first-order chi connectivity index (χ1) is 5.96. The molecule has 1 saturated carbocycles. The molecule has 0 aromatic heterocycles. The Morgan fingerprint density at radius 3 is 2.08 bits per heavy atom. The van der Waals surface area contributed by atoms with Gasteiger partial charge in [-0.15, -0.1) is 0 Å². The predicted molar refractivity (Wildman–Crippen MR) is 52.9 cm³/mol. The molecular weight excluding hydrogens is 188 g/mol. The van der Waals surface area contributed by atoms with E-state index in [-0.39, 0.29) is 6.54 Å². The fourth-order valence-electron chi connectivity index (χ4n) is 1.97. The highest BCUT2D eigenvalue weighted by atomic mass is 32.2. The summed E-state index contributed by atoms with van der Waals surface area (Å²) in [5.41, 5.74) is 5.59. The first-order valence-electron chi connectivity index (χ1n) is 4.58. The quantitative estimate of drug-likeness (QED) is 0.715. The van der Waals surface area contributed by atoms with Gasteiger partial charge >= 0.3 is 0 Å². The number of hydrogen-bond acceptors (Lipinski definition) is 3. The summed E-state index contributed by atoms with van der Waals surface area (Å²) in [6, 6.07) is 0. The second kappa shape index (κ2) is 3.55. The van der Waals surface area contributed by atoms with E-state index in [0.717, 1.165) is 12.8 Å². The summed E-state index contributed by atoms with van der Waals surface area (Å²) in [7, 11) is -0.0310. The molecule has 0 spiro atoms. The van der Waals surface area contributed by atoms with E-state index in [1.54, 1.807) is 14.1 Å². The van der Waals surface area contributed by atoms with Crippen molar-refractivity contribution in [1.82, 2.24) is 4.31 Å². The lowest BCUT2D eigenvalue weighted by atomic mass is 10.1. The molecule has 1 fully saturated rings. The molecule has 0 aliphatic heterocycles. The van der Waals surface area contributed by atoms with Crippen molar-refractivity contribution >= 4 is 10.0 Å². The number of sulfonamides is 1. The highest BCUT2D eigenvalue weighted by Crippen LogP contribution is 2.36. The maximum Gasteiger partial charge on any atom is 0.220 e. The lowest BCUT2D eigenvalue weighted by Gasteiger charge is -2.30. The van der Waals surface area contributed by atoms with E-state index in [9.17, 15) is 8.42 Å². The fourth-order valence-corrected chi connectivity index (χ4v) is 3.76. The minimum Gasteiger partial charge on any atom is -0.329 e. The molecule has 0 saturated heterocycles. The minimum absolute atomic E-state index is 0.244. The molecule has 13 heavy (non-hydrogen) atoms. The summed E-state index contributed by atoms with van der Waals surface area (Å²) >= 11 is 0. The summed E-state index contributed by atoms with van der Waals surface area (Å²) < 4.78 is 24.5. The summed E-state index contributed by atoms with van der Waals surface area (Å²) in [6.07, 6.45) is 3.38. The second-order valence-electron chi connectivity index (χ2n) is 3.88. The zero-order valence-corrected chi connectivity index (χ0v) is 9.10. The van der Waals surface area contributed by atoms with Gasteiger partial charge in [0.2, 0.25) is 10.0 Å². The molecule has 78 valence electrons. The van der Waals surface area contributed by atoms with E-state index in [1.165, 1.54) is 4.31 Å². The van der Waals surface area contributed by atoms with Gasteiger partial charge in [-0.1, -0.05) is 12.8 Å². The lowest BCUT2D eigenvalue weighted by Crippen LogP contribution is -2.48. The van der Waals surface area contributed by atoms with Crippen molar-refractivity contribution in [2.45, 2.75) is 30.4 Å². The first-order valence-corrected chi connectivity index (χ1v) is 6.02. The standard InChI is InChI=1S/C8H18N2O2S/c1-10(2)13(11,12)8(7-9)5-3-4-6-8/h3-7,9H2,1-2H3. The Morgan fingerprint density at radius 1 is 1.31 bits per heavy atom. The Morgan fingerprint density at radius 2 is 1.77 bits per heavy atom. The van der Waals surface area contributed by atoms with E-state index >= 15 is 0 Å². The second-order valence-corrected chi connectivity index (χ2v) is 6.43. The van der Waals surface area contributed by atoms with Gasteiger partial charge in [0, 0.05) is 20.6 Å². The third-order valence-electron chi connectivity index (χ3n) is 2.91. The summed E-state index contributed by atoms with van der Waals surface area (Å²) in [5, 5.41) is 0. The molecular formula is C8H18N2O2S. The van der Waals surface area contributed by atoms with Crippen molar-refractivity contribution in [1.29, 1.82) is 0 Å². The highest BCUT2D eigenvalue weighted by Gasteiger charge is 2.45. The SMILES string of the molecule is CN(C)S(=O)(=O)C1(CN)CCCC1. The maximum atomic E-state index is 11.9. The van der Waals surface area contributed by atoms with E-state index in [0.29, 0.717) is 12.8 Å². The number of nitrogens with zero attached hydrogens (tertiary/aromatic N) is 1. The summed E-state index contributed by atoms with van der Waals surface area (Å²) in [6.45, 7) is 0.244. The Hall–Kier alpha value is -0.130. The van der Waals surface area contributed by atoms with Gasteiger partial charge in [-0.2, -0.15) is 0 Å². The Labute approximate surface area is 80.1 Å². The van der Waals surface area contributed by atoms with E-state index in [2.05, 4.69) is 0 Å². The average molecular weight is 206 g/mol. The lowest BCUT2D eigenvalue weighted by molar-refractivity contribution is 0.457. The minimum atomic E-state index is -3.18. The van der Waals surface area contributed by atoms with Gasteiger partial charge in [0.25, 0.3) is 0 Å². The monoisotopic (exact) mass is 206 g/mol. The van der Waals surface area contributed by atoms with Crippen molar-refractivity contribution in [3.05, 3.63) is 0 Å². The summed E-state index contributed by atoms with van der Waals surface area (Å²) in [5.74, 6) is 0. The zero-order chi connectivity index (χ0) is 10.1. The number of hydrogen-bond donors (Lipinski definition) is 1. The van der Waals surface area contributed by atoms with Gasteiger partial charge in [-0.25, -0.2) is 12.7 Å². The molecule has 0 aromatic carbocycles. The molecule has 0 bridgehead atoms. The van der Waals surface area contributed by atoms with Crippen LogP contribution in [-0.2, 0) is 10.0 Å². The zero-order valence-electron chi connectivity index (χ0n) is 8.28. The molecule has 1 rings (SSSR count). The van der Waals surface area contributed by atoms with Crippen LogP contribution < -0.4 is 5.73 Å². The van der Waals surface area contributed by atoms with Gasteiger partial charge in [0.05, 0.1) is 4.75 Å². The average Bonchev–Trinajstić information content (AvgIpc) is 2.53. The van der Waals surface area contributed by atoms with Gasteiger partial charge in [-0.3, -0.25) is 0 Å². The summed E-state index contributed by atoms with van der Waals surface area (Å²) in [4.78, 5) is 0. The van der Waals surface area contributed by atoms with Crippen molar-refractivity contribution in [3.63, 3.8) is 0 Å². The molecule has 1 aliphatic rings. The third-order valence-corrected chi connectivity index (χ3v) is 5.55. The van der Waals surface area contributed by atoms with Crippen LogP contribution in [0, 0.1) is 0 Å². The Bertz CT molecular complexity index is 266. The molecule has 4 nitrogen and oxygen atoms in total. The normalized spacial score (nSPS) is 22.5. The van der Waals surface area contributed by atoms with Crippen molar-refractivity contribution < 1.29 is 8.42 Å². The van der Waals surface area contributed by atoms with Gasteiger partial charge in [0.15, 0.2) is 0 Å². The molecule has 0 amide bonds. The van der Waals surface area contributed by atoms with Gasteiger partial charge in [-0.05, 0) is 12.8 Å². The largest absolute Gasteiger partial charge is 0.329 e. The van der Waals surface area contributed by atoms with Crippen LogP contribution in [-0.4, -0.2) is 38.1 Å². The van der Waals surface area contributed by atoms with Gasteiger partial charge in [0.1, 0.15) is 0 Å².